The first-order valence-corrected chi connectivity index (χ1v) is 5.76. The zero-order valence-corrected chi connectivity index (χ0v) is 9.09. The average Bonchev–Trinajstić information content (AvgIpc) is 2.25. The third-order valence-corrected chi connectivity index (χ3v) is 3.24. The van der Waals surface area contributed by atoms with Crippen LogP contribution in [-0.2, 0) is 4.74 Å². The van der Waals surface area contributed by atoms with Crippen LogP contribution in [0.15, 0.2) is 0 Å². The lowest BCUT2D eigenvalue weighted by Gasteiger charge is -2.41. The summed E-state index contributed by atoms with van der Waals surface area (Å²) in [6, 6.07) is -0.809. The highest BCUT2D eigenvalue weighted by Crippen LogP contribution is 2.27. The highest BCUT2D eigenvalue weighted by Gasteiger charge is 2.45. The van der Waals surface area contributed by atoms with Crippen molar-refractivity contribution in [1.82, 2.24) is 0 Å². The van der Waals surface area contributed by atoms with Crippen LogP contribution in [0, 0.1) is 12.3 Å². The average molecular weight is 233 g/mol. The Labute approximate surface area is 92.6 Å². The number of hydrogen-bond donors (Lipinski definition) is 4. The van der Waals surface area contributed by atoms with E-state index < -0.39 is 35.9 Å². The number of thioether (sulfide) groups is 1. The number of aliphatic hydroxyl groups is 3. The lowest BCUT2D eigenvalue weighted by molar-refractivity contribution is -0.199. The predicted octanol–water partition coefficient (Wildman–Crippen LogP) is -1.88. The van der Waals surface area contributed by atoms with Crippen LogP contribution in [0.2, 0.25) is 0 Å². The Morgan fingerprint density at radius 2 is 1.93 bits per heavy atom. The molecule has 6 heteroatoms. The van der Waals surface area contributed by atoms with E-state index in [4.69, 9.17) is 16.9 Å². The van der Waals surface area contributed by atoms with Crippen LogP contribution >= 0.6 is 11.8 Å². The smallest absolute Gasteiger partial charge is 0.132 e. The second kappa shape index (κ2) is 5.16. The molecule has 15 heavy (non-hydrogen) atoms. The molecule has 0 bridgehead atoms. The van der Waals surface area contributed by atoms with Gasteiger partial charge in [0.05, 0.1) is 6.04 Å². The molecule has 1 aliphatic rings. The molecule has 1 fully saturated rings. The van der Waals surface area contributed by atoms with E-state index in [9.17, 15) is 15.3 Å². The van der Waals surface area contributed by atoms with Crippen molar-refractivity contribution in [1.29, 1.82) is 0 Å². The highest BCUT2D eigenvalue weighted by molar-refractivity contribution is 7.99. The molecule has 0 aliphatic carbocycles. The van der Waals surface area contributed by atoms with Crippen LogP contribution in [0.5, 0.6) is 0 Å². The Balaban J connectivity index is 2.79. The molecule has 1 heterocycles. The molecule has 5 N–H and O–H groups in total. The Kier molecular flexibility index (Phi) is 4.40. The molecule has 0 radical (unpaired) electrons. The van der Waals surface area contributed by atoms with Crippen molar-refractivity contribution in [2.75, 3.05) is 6.26 Å². The van der Waals surface area contributed by atoms with Gasteiger partial charge < -0.3 is 25.8 Å². The molecule has 0 saturated carbocycles. The third kappa shape index (κ3) is 2.45. The van der Waals surface area contributed by atoms with Crippen molar-refractivity contribution in [3.05, 3.63) is 0 Å². The Hall–Kier alpha value is -0.290. The molecule has 5 nitrogen and oxygen atoms in total. The summed E-state index contributed by atoms with van der Waals surface area (Å²) in [7, 11) is 0. The summed E-state index contributed by atoms with van der Waals surface area (Å²) >= 11 is 1.22. The van der Waals surface area contributed by atoms with Crippen LogP contribution in [0.25, 0.3) is 0 Å². The van der Waals surface area contributed by atoms with Crippen molar-refractivity contribution < 1.29 is 20.1 Å². The number of rotatable bonds is 2. The molecular formula is C9H15NO4S. The minimum Gasteiger partial charge on any atom is -0.387 e. The molecule has 86 valence electrons. The fourth-order valence-corrected chi connectivity index (χ4v) is 2.14. The standard InChI is InChI=1S/C9H15NO4S/c1-3-4(10)8-6(12)5(11)7(13)9(14-8)15-2/h1,4-9,11-13H,10H2,2H3/t4-,5?,6?,7-,8-,9?/m1/s1. The molecule has 0 aromatic carbocycles. The van der Waals surface area contributed by atoms with Gasteiger partial charge in [-0.25, -0.2) is 0 Å². The summed E-state index contributed by atoms with van der Waals surface area (Å²) in [6.07, 6.45) is 2.28. The van der Waals surface area contributed by atoms with Gasteiger partial charge in [0, 0.05) is 0 Å². The van der Waals surface area contributed by atoms with Crippen LogP contribution < -0.4 is 5.73 Å². The number of hydrogen-bond acceptors (Lipinski definition) is 6. The van der Waals surface area contributed by atoms with E-state index >= 15 is 0 Å². The van der Waals surface area contributed by atoms with E-state index in [0.29, 0.717) is 0 Å². The van der Waals surface area contributed by atoms with Crippen molar-refractivity contribution >= 4 is 11.8 Å². The van der Waals surface area contributed by atoms with E-state index in [0.717, 1.165) is 0 Å². The number of ether oxygens (including phenoxy) is 1. The fourth-order valence-electron chi connectivity index (χ4n) is 1.46. The molecule has 1 saturated heterocycles. The number of nitrogens with two attached hydrogens (primary N) is 1. The molecule has 3 unspecified atom stereocenters. The van der Waals surface area contributed by atoms with Crippen molar-refractivity contribution in [2.45, 2.75) is 35.9 Å². The summed E-state index contributed by atoms with van der Waals surface area (Å²) in [6.45, 7) is 0. The van der Waals surface area contributed by atoms with Crippen molar-refractivity contribution in [2.24, 2.45) is 5.73 Å². The minimum absolute atomic E-state index is 0.632. The van der Waals surface area contributed by atoms with Crippen LogP contribution in [-0.4, -0.2) is 57.5 Å². The van der Waals surface area contributed by atoms with Crippen LogP contribution in [0.1, 0.15) is 0 Å². The van der Waals surface area contributed by atoms with Gasteiger partial charge in [0.15, 0.2) is 0 Å². The quantitative estimate of drug-likeness (QED) is 0.417. The largest absolute Gasteiger partial charge is 0.387 e. The van der Waals surface area contributed by atoms with E-state index in [1.807, 2.05) is 0 Å². The Bertz CT molecular complexity index is 255. The molecule has 6 atom stereocenters. The SMILES string of the molecule is C#C[C@@H](N)[C@H]1OC(SC)[C@H](O)C(O)C1O. The maximum absolute atomic E-state index is 9.60. The van der Waals surface area contributed by atoms with E-state index in [1.54, 1.807) is 6.26 Å². The van der Waals surface area contributed by atoms with E-state index in [1.165, 1.54) is 11.8 Å². The minimum atomic E-state index is -1.29. The fraction of sp³-hybridized carbons (Fsp3) is 0.778. The Morgan fingerprint density at radius 1 is 1.33 bits per heavy atom. The normalized spacial score (nSPS) is 43.3. The van der Waals surface area contributed by atoms with Gasteiger partial charge in [0.25, 0.3) is 0 Å². The van der Waals surface area contributed by atoms with Gasteiger partial charge in [0.1, 0.15) is 29.9 Å². The zero-order chi connectivity index (χ0) is 11.6. The summed E-state index contributed by atoms with van der Waals surface area (Å²) in [5, 5.41) is 28.7. The van der Waals surface area contributed by atoms with Crippen LogP contribution in [0.3, 0.4) is 0 Å². The predicted molar refractivity (Wildman–Crippen MR) is 57.0 cm³/mol. The molecule has 1 aliphatic heterocycles. The highest BCUT2D eigenvalue weighted by atomic mass is 32.2. The summed E-state index contributed by atoms with van der Waals surface area (Å²) < 4.78 is 5.32. The molecule has 0 amide bonds. The summed E-state index contributed by atoms with van der Waals surface area (Å²) in [5.74, 6) is 2.24. The van der Waals surface area contributed by atoms with E-state index in [2.05, 4.69) is 5.92 Å². The van der Waals surface area contributed by atoms with Gasteiger partial charge >= 0.3 is 0 Å². The van der Waals surface area contributed by atoms with Gasteiger partial charge in [-0.2, -0.15) is 0 Å². The van der Waals surface area contributed by atoms with Crippen molar-refractivity contribution in [3.8, 4) is 12.3 Å². The number of terminal acetylenes is 1. The molecule has 0 aromatic heterocycles. The first-order valence-electron chi connectivity index (χ1n) is 4.47. The molecule has 0 spiro atoms. The topological polar surface area (TPSA) is 95.9 Å². The molecule has 0 aromatic rings. The zero-order valence-electron chi connectivity index (χ0n) is 8.28. The maximum Gasteiger partial charge on any atom is 0.132 e. The first kappa shape index (κ1) is 12.8. The van der Waals surface area contributed by atoms with Gasteiger partial charge in [-0.05, 0) is 6.26 Å². The Morgan fingerprint density at radius 3 is 2.40 bits per heavy atom. The maximum atomic E-state index is 9.60. The monoisotopic (exact) mass is 233 g/mol. The third-order valence-electron chi connectivity index (χ3n) is 2.39. The second-order valence-corrected chi connectivity index (χ2v) is 4.31. The summed E-state index contributed by atoms with van der Waals surface area (Å²) in [4.78, 5) is 0. The number of aliphatic hydroxyl groups excluding tert-OH is 3. The van der Waals surface area contributed by atoms with Crippen LogP contribution in [0.4, 0.5) is 0 Å². The second-order valence-electron chi connectivity index (χ2n) is 3.37. The van der Waals surface area contributed by atoms with E-state index in [-0.39, 0.29) is 0 Å². The molecule has 1 rings (SSSR count). The first-order chi connectivity index (χ1) is 7.02. The van der Waals surface area contributed by atoms with Gasteiger partial charge in [-0.1, -0.05) is 5.92 Å². The lowest BCUT2D eigenvalue weighted by atomic mass is 9.95. The summed E-state index contributed by atoms with van der Waals surface area (Å²) in [5.41, 5.74) is 4.91. The van der Waals surface area contributed by atoms with Gasteiger partial charge in [0.2, 0.25) is 0 Å². The lowest BCUT2D eigenvalue weighted by Crippen LogP contribution is -2.61. The van der Waals surface area contributed by atoms with Gasteiger partial charge in [-0.15, -0.1) is 18.2 Å². The van der Waals surface area contributed by atoms with Gasteiger partial charge in [-0.3, -0.25) is 0 Å². The van der Waals surface area contributed by atoms with Crippen molar-refractivity contribution in [3.63, 3.8) is 0 Å². The molecular weight excluding hydrogens is 218 g/mol.